The smallest absolute Gasteiger partial charge is 0.252 e. The number of carbonyl (C=O) groups excluding carboxylic acids is 1. The van der Waals surface area contributed by atoms with Gasteiger partial charge in [-0.3, -0.25) is 4.79 Å². The van der Waals surface area contributed by atoms with Crippen LogP contribution in [0.2, 0.25) is 0 Å². The van der Waals surface area contributed by atoms with Gasteiger partial charge in [0, 0.05) is 11.9 Å². The molecule has 0 aliphatic rings. The van der Waals surface area contributed by atoms with Crippen LogP contribution in [0.1, 0.15) is 21.5 Å². The van der Waals surface area contributed by atoms with E-state index in [4.69, 9.17) is 4.42 Å². The first-order valence-corrected chi connectivity index (χ1v) is 8.98. The van der Waals surface area contributed by atoms with Gasteiger partial charge in [-0.05, 0) is 49.2 Å². The molecule has 0 radical (unpaired) electrons. The molecule has 4 rings (SSSR count). The van der Waals surface area contributed by atoms with Crippen LogP contribution in [-0.2, 0) is 6.42 Å². The Morgan fingerprint density at radius 3 is 2.67 bits per heavy atom. The predicted octanol–water partition coefficient (Wildman–Crippen LogP) is 4.78. The van der Waals surface area contributed by atoms with Crippen LogP contribution in [0, 0.1) is 6.92 Å². The number of nitrogens with one attached hydrogen (secondary N) is 1. The molecule has 4 heteroatoms. The number of amides is 1. The van der Waals surface area contributed by atoms with Crippen LogP contribution >= 0.6 is 0 Å². The molecular formula is C23H20N2O2. The van der Waals surface area contributed by atoms with Gasteiger partial charge >= 0.3 is 0 Å². The van der Waals surface area contributed by atoms with E-state index in [2.05, 4.69) is 22.4 Å². The Morgan fingerprint density at radius 2 is 1.89 bits per heavy atom. The highest BCUT2D eigenvalue weighted by Gasteiger charge is 2.15. The largest absolute Gasteiger partial charge is 0.463 e. The highest BCUT2D eigenvalue weighted by Crippen LogP contribution is 2.26. The number of aryl methyl sites for hydroxylation is 1. The first-order chi connectivity index (χ1) is 13.2. The van der Waals surface area contributed by atoms with Gasteiger partial charge in [0.2, 0.25) is 0 Å². The average molecular weight is 356 g/mol. The van der Waals surface area contributed by atoms with E-state index >= 15 is 0 Å². The Labute approximate surface area is 157 Å². The Balaban J connectivity index is 1.64. The molecule has 4 aromatic rings. The van der Waals surface area contributed by atoms with Crippen molar-refractivity contribution in [3.05, 3.63) is 89.7 Å². The first kappa shape index (κ1) is 17.0. The van der Waals surface area contributed by atoms with Gasteiger partial charge in [0.1, 0.15) is 5.69 Å². The van der Waals surface area contributed by atoms with E-state index < -0.39 is 0 Å². The van der Waals surface area contributed by atoms with Crippen molar-refractivity contribution < 1.29 is 9.21 Å². The molecule has 0 saturated heterocycles. The number of furan rings is 1. The molecule has 1 N–H and O–H groups in total. The van der Waals surface area contributed by atoms with E-state index in [9.17, 15) is 4.79 Å². The van der Waals surface area contributed by atoms with Gasteiger partial charge in [0.25, 0.3) is 5.91 Å². The van der Waals surface area contributed by atoms with Gasteiger partial charge in [-0.1, -0.05) is 42.0 Å². The summed E-state index contributed by atoms with van der Waals surface area (Å²) in [6.07, 6.45) is 2.40. The third-order valence-electron chi connectivity index (χ3n) is 4.52. The molecule has 0 atom stereocenters. The predicted molar refractivity (Wildman–Crippen MR) is 107 cm³/mol. The van der Waals surface area contributed by atoms with Gasteiger partial charge in [0.05, 0.1) is 17.3 Å². The van der Waals surface area contributed by atoms with Crippen molar-refractivity contribution in [1.29, 1.82) is 0 Å². The lowest BCUT2D eigenvalue weighted by molar-refractivity contribution is 0.0956. The third kappa shape index (κ3) is 3.75. The molecule has 27 heavy (non-hydrogen) atoms. The number of aromatic nitrogens is 1. The molecule has 0 aliphatic heterocycles. The molecule has 0 aliphatic carbocycles. The number of hydrogen-bond donors (Lipinski definition) is 1. The third-order valence-corrected chi connectivity index (χ3v) is 4.52. The topological polar surface area (TPSA) is 55.1 Å². The quantitative estimate of drug-likeness (QED) is 0.560. The van der Waals surface area contributed by atoms with E-state index in [1.54, 1.807) is 12.3 Å². The highest BCUT2D eigenvalue weighted by atomic mass is 16.3. The molecule has 0 bridgehead atoms. The summed E-state index contributed by atoms with van der Waals surface area (Å²) in [5, 5.41) is 3.88. The van der Waals surface area contributed by atoms with Crippen molar-refractivity contribution in [3.8, 4) is 11.5 Å². The monoisotopic (exact) mass is 356 g/mol. The van der Waals surface area contributed by atoms with Gasteiger partial charge in [-0.15, -0.1) is 0 Å². The summed E-state index contributed by atoms with van der Waals surface area (Å²) in [7, 11) is 0. The lowest BCUT2D eigenvalue weighted by Gasteiger charge is -2.10. The number of hydrogen-bond acceptors (Lipinski definition) is 3. The number of nitrogens with zero attached hydrogens (tertiary/aromatic N) is 1. The minimum absolute atomic E-state index is 0.100. The fourth-order valence-electron chi connectivity index (χ4n) is 3.14. The van der Waals surface area contributed by atoms with Gasteiger partial charge in [-0.25, -0.2) is 4.98 Å². The van der Waals surface area contributed by atoms with Crippen LogP contribution in [0.3, 0.4) is 0 Å². The normalized spacial score (nSPS) is 10.9. The van der Waals surface area contributed by atoms with Gasteiger partial charge in [-0.2, -0.15) is 0 Å². The summed E-state index contributed by atoms with van der Waals surface area (Å²) < 4.78 is 5.47. The van der Waals surface area contributed by atoms with E-state index in [1.807, 2.05) is 55.5 Å². The lowest BCUT2D eigenvalue weighted by Crippen LogP contribution is -2.26. The second-order valence-corrected chi connectivity index (χ2v) is 6.54. The Kier molecular flexibility index (Phi) is 4.71. The summed E-state index contributed by atoms with van der Waals surface area (Å²) >= 11 is 0. The van der Waals surface area contributed by atoms with Gasteiger partial charge in [0.15, 0.2) is 5.76 Å². The molecule has 4 nitrogen and oxygen atoms in total. The zero-order chi connectivity index (χ0) is 18.6. The second-order valence-electron chi connectivity index (χ2n) is 6.54. The van der Waals surface area contributed by atoms with Crippen LogP contribution in [0.4, 0.5) is 0 Å². The summed E-state index contributed by atoms with van der Waals surface area (Å²) in [5.74, 6) is 0.549. The summed E-state index contributed by atoms with van der Waals surface area (Å²) in [6, 6.07) is 21.5. The van der Waals surface area contributed by atoms with Crippen molar-refractivity contribution >= 4 is 16.8 Å². The molecule has 0 fully saturated rings. The van der Waals surface area contributed by atoms with Crippen molar-refractivity contribution in [2.75, 3.05) is 6.54 Å². The van der Waals surface area contributed by atoms with E-state index in [1.165, 1.54) is 5.56 Å². The zero-order valence-electron chi connectivity index (χ0n) is 15.1. The SMILES string of the molecule is Cc1ccc2nc(-c3ccco3)cc(C(=O)NCCc3ccccc3)c2c1. The minimum Gasteiger partial charge on any atom is -0.463 e. The molecule has 1 amide bonds. The molecule has 2 heterocycles. The maximum atomic E-state index is 12.9. The summed E-state index contributed by atoms with van der Waals surface area (Å²) in [4.78, 5) is 17.6. The van der Waals surface area contributed by atoms with Crippen LogP contribution in [0.25, 0.3) is 22.4 Å². The number of carbonyl (C=O) groups is 1. The molecule has 134 valence electrons. The van der Waals surface area contributed by atoms with Crippen molar-refractivity contribution in [2.24, 2.45) is 0 Å². The lowest BCUT2D eigenvalue weighted by atomic mass is 10.0. The molecule has 0 saturated carbocycles. The van der Waals surface area contributed by atoms with Crippen LogP contribution in [-0.4, -0.2) is 17.4 Å². The first-order valence-electron chi connectivity index (χ1n) is 8.98. The van der Waals surface area contributed by atoms with Crippen molar-refractivity contribution in [3.63, 3.8) is 0 Å². The fourth-order valence-corrected chi connectivity index (χ4v) is 3.14. The van der Waals surface area contributed by atoms with Crippen LogP contribution in [0.15, 0.2) is 77.4 Å². The van der Waals surface area contributed by atoms with Crippen molar-refractivity contribution in [2.45, 2.75) is 13.3 Å². The average Bonchev–Trinajstić information content (AvgIpc) is 3.23. The number of benzene rings is 2. The van der Waals surface area contributed by atoms with Crippen molar-refractivity contribution in [1.82, 2.24) is 10.3 Å². The van der Waals surface area contributed by atoms with E-state index in [0.29, 0.717) is 23.6 Å². The Bertz CT molecular complexity index is 1070. The second kappa shape index (κ2) is 7.46. The molecule has 2 aromatic carbocycles. The van der Waals surface area contributed by atoms with Crippen LogP contribution in [0.5, 0.6) is 0 Å². The minimum atomic E-state index is -0.100. The number of rotatable bonds is 5. The Hall–Kier alpha value is -3.40. The van der Waals surface area contributed by atoms with E-state index in [0.717, 1.165) is 22.9 Å². The number of pyridine rings is 1. The number of fused-ring (bicyclic) bond motifs is 1. The Morgan fingerprint density at radius 1 is 1.04 bits per heavy atom. The molecular weight excluding hydrogens is 336 g/mol. The standard InChI is InChI=1S/C23H20N2O2/c1-16-9-10-20-18(14-16)19(15-21(25-20)22-8-5-13-27-22)23(26)24-12-11-17-6-3-2-4-7-17/h2-10,13-15H,11-12H2,1H3,(H,24,26). The maximum absolute atomic E-state index is 12.9. The molecule has 0 spiro atoms. The highest BCUT2D eigenvalue weighted by molar-refractivity contribution is 6.07. The van der Waals surface area contributed by atoms with Crippen LogP contribution < -0.4 is 5.32 Å². The maximum Gasteiger partial charge on any atom is 0.252 e. The summed E-state index contributed by atoms with van der Waals surface area (Å²) in [6.45, 7) is 2.59. The molecule has 2 aromatic heterocycles. The van der Waals surface area contributed by atoms with E-state index in [-0.39, 0.29) is 5.91 Å². The summed E-state index contributed by atoms with van der Waals surface area (Å²) in [5.41, 5.74) is 4.34. The zero-order valence-corrected chi connectivity index (χ0v) is 15.1. The van der Waals surface area contributed by atoms with Gasteiger partial charge < -0.3 is 9.73 Å². The fraction of sp³-hybridized carbons (Fsp3) is 0.130. The molecule has 0 unspecified atom stereocenters.